The molecule has 7 nitrogen and oxygen atoms in total. The Bertz CT molecular complexity index is 1090. The molecule has 1 aromatic carbocycles. The number of hydrogen-bond donors (Lipinski definition) is 2. The van der Waals surface area contributed by atoms with Crippen LogP contribution in [0.15, 0.2) is 63.5 Å². The van der Waals surface area contributed by atoms with Gasteiger partial charge in [-0.3, -0.25) is 9.59 Å². The van der Waals surface area contributed by atoms with E-state index in [0.717, 1.165) is 16.9 Å². The molecule has 0 aliphatic heterocycles. The van der Waals surface area contributed by atoms with Crippen molar-refractivity contribution < 1.29 is 22.7 Å². The number of rotatable bonds is 8. The molecule has 0 spiro atoms. The number of amides is 2. The monoisotopic (exact) mass is 464 g/mol. The number of carbonyl (C=O) groups excluding carboxylic acids is 2. The molecule has 0 unspecified atom stereocenters. The molecule has 0 saturated carbocycles. The van der Waals surface area contributed by atoms with E-state index < -0.39 is 26.9 Å². The van der Waals surface area contributed by atoms with Gasteiger partial charge in [0.15, 0.2) is 9.84 Å². The van der Waals surface area contributed by atoms with Crippen molar-refractivity contribution in [3.8, 4) is 5.75 Å². The molecule has 2 aromatic heterocycles. The summed E-state index contributed by atoms with van der Waals surface area (Å²) in [6.07, 6.45) is 0. The highest BCUT2D eigenvalue weighted by atomic mass is 32.2. The average molecular weight is 465 g/mol. The van der Waals surface area contributed by atoms with E-state index in [1.165, 1.54) is 24.5 Å². The number of ether oxygens (including phenoxy) is 1. The van der Waals surface area contributed by atoms with Crippen molar-refractivity contribution in [2.45, 2.75) is 16.0 Å². The molecule has 2 amide bonds. The van der Waals surface area contributed by atoms with E-state index in [9.17, 15) is 18.0 Å². The first-order valence-electron chi connectivity index (χ1n) is 8.92. The van der Waals surface area contributed by atoms with E-state index in [1.807, 2.05) is 0 Å². The second-order valence-electron chi connectivity index (χ2n) is 6.19. The Morgan fingerprint density at radius 2 is 1.67 bits per heavy atom. The fourth-order valence-corrected chi connectivity index (χ4v) is 6.76. The zero-order valence-electron chi connectivity index (χ0n) is 16.0. The molecular weight excluding hydrogens is 444 g/mol. The van der Waals surface area contributed by atoms with Gasteiger partial charge in [0.1, 0.15) is 15.2 Å². The zero-order chi connectivity index (χ0) is 21.6. The standard InChI is InChI=1S/C20H20N2O5S3/c1-27-15-7-3-2-6-14(15)12-21-19(23)20(24)22-13-17(16-8-4-10-28-16)30(25,26)18-9-5-11-29-18/h2-11,17H,12-13H2,1H3,(H,21,23)(H,22,24)/t17-/m0/s1. The van der Waals surface area contributed by atoms with E-state index in [-0.39, 0.29) is 17.3 Å². The Morgan fingerprint density at radius 1 is 0.967 bits per heavy atom. The first-order chi connectivity index (χ1) is 14.4. The van der Waals surface area contributed by atoms with Crippen LogP contribution in [0, 0.1) is 0 Å². The molecule has 10 heteroatoms. The summed E-state index contributed by atoms with van der Waals surface area (Å²) in [4.78, 5) is 25.0. The fraction of sp³-hybridized carbons (Fsp3) is 0.200. The second kappa shape index (κ2) is 9.88. The first-order valence-corrected chi connectivity index (χ1v) is 12.2. The minimum Gasteiger partial charge on any atom is -0.496 e. The molecule has 3 rings (SSSR count). The van der Waals surface area contributed by atoms with Gasteiger partial charge >= 0.3 is 11.8 Å². The van der Waals surface area contributed by atoms with E-state index in [0.29, 0.717) is 10.6 Å². The van der Waals surface area contributed by atoms with E-state index >= 15 is 0 Å². The van der Waals surface area contributed by atoms with Gasteiger partial charge in [-0.1, -0.05) is 30.3 Å². The maximum atomic E-state index is 13.0. The molecule has 2 heterocycles. The molecule has 3 aromatic rings. The van der Waals surface area contributed by atoms with Crippen LogP contribution in [0.2, 0.25) is 0 Å². The van der Waals surface area contributed by atoms with Crippen LogP contribution in [0.5, 0.6) is 5.75 Å². The molecule has 0 aliphatic carbocycles. The lowest BCUT2D eigenvalue weighted by Gasteiger charge is -2.16. The van der Waals surface area contributed by atoms with Gasteiger partial charge in [-0.2, -0.15) is 0 Å². The van der Waals surface area contributed by atoms with Gasteiger partial charge in [-0.25, -0.2) is 8.42 Å². The maximum Gasteiger partial charge on any atom is 0.309 e. The van der Waals surface area contributed by atoms with Gasteiger partial charge in [0.05, 0.1) is 7.11 Å². The normalized spacial score (nSPS) is 12.2. The van der Waals surface area contributed by atoms with Gasteiger partial charge in [-0.05, 0) is 29.0 Å². The third-order valence-corrected chi connectivity index (χ3v) is 8.95. The lowest BCUT2D eigenvalue weighted by molar-refractivity contribution is -0.139. The van der Waals surface area contributed by atoms with Crippen molar-refractivity contribution in [2.75, 3.05) is 13.7 Å². The van der Waals surface area contributed by atoms with Crippen LogP contribution < -0.4 is 15.4 Å². The lowest BCUT2D eigenvalue weighted by Crippen LogP contribution is -2.42. The lowest BCUT2D eigenvalue weighted by atomic mass is 10.2. The first kappa shape index (κ1) is 22.0. The summed E-state index contributed by atoms with van der Waals surface area (Å²) in [6, 6.07) is 13.8. The molecular formula is C20H20N2O5S3. The quantitative estimate of drug-likeness (QED) is 0.499. The number of sulfone groups is 1. The van der Waals surface area contributed by atoms with Crippen LogP contribution in [-0.4, -0.2) is 33.9 Å². The molecule has 0 radical (unpaired) electrons. The highest BCUT2D eigenvalue weighted by Crippen LogP contribution is 2.33. The van der Waals surface area contributed by atoms with Gasteiger partial charge in [0.2, 0.25) is 0 Å². The van der Waals surface area contributed by atoms with Crippen LogP contribution in [0.3, 0.4) is 0 Å². The Hall–Kier alpha value is -2.69. The number of hydrogen-bond acceptors (Lipinski definition) is 7. The number of benzene rings is 1. The topological polar surface area (TPSA) is 102 Å². The Balaban J connectivity index is 1.65. The summed E-state index contributed by atoms with van der Waals surface area (Å²) in [5.74, 6) is -1.15. The summed E-state index contributed by atoms with van der Waals surface area (Å²) >= 11 is 2.40. The smallest absolute Gasteiger partial charge is 0.309 e. The molecule has 0 bridgehead atoms. The van der Waals surface area contributed by atoms with E-state index in [4.69, 9.17) is 4.74 Å². The summed E-state index contributed by atoms with van der Waals surface area (Å²) in [6.45, 7) is -0.0974. The summed E-state index contributed by atoms with van der Waals surface area (Å²) in [5.41, 5.74) is 0.720. The van der Waals surface area contributed by atoms with Crippen molar-refractivity contribution in [3.05, 3.63) is 69.7 Å². The number of nitrogens with one attached hydrogen (secondary N) is 2. The summed E-state index contributed by atoms with van der Waals surface area (Å²) in [7, 11) is -2.18. The van der Waals surface area contributed by atoms with Gasteiger partial charge in [-0.15, -0.1) is 22.7 Å². The van der Waals surface area contributed by atoms with Crippen molar-refractivity contribution in [3.63, 3.8) is 0 Å². The Kier molecular flexibility index (Phi) is 7.24. The molecule has 0 fully saturated rings. The van der Waals surface area contributed by atoms with Gasteiger partial charge < -0.3 is 15.4 Å². The van der Waals surface area contributed by atoms with Crippen molar-refractivity contribution in [1.82, 2.24) is 10.6 Å². The SMILES string of the molecule is COc1ccccc1CNC(=O)C(=O)NC[C@@H](c1cccs1)S(=O)(=O)c1cccs1. The minimum atomic E-state index is -3.70. The molecule has 1 atom stereocenters. The number of carbonyl (C=O) groups is 2. The summed E-state index contributed by atoms with van der Waals surface area (Å²) < 4.78 is 31.4. The van der Waals surface area contributed by atoms with Crippen LogP contribution >= 0.6 is 22.7 Å². The molecule has 0 aliphatic rings. The number of thiophene rings is 2. The highest BCUT2D eigenvalue weighted by molar-refractivity contribution is 7.93. The van der Waals surface area contributed by atoms with Crippen molar-refractivity contribution in [1.29, 1.82) is 0 Å². The van der Waals surface area contributed by atoms with E-state index in [2.05, 4.69) is 10.6 Å². The van der Waals surface area contributed by atoms with Crippen LogP contribution in [0.1, 0.15) is 15.7 Å². The average Bonchev–Trinajstić information content (AvgIpc) is 3.46. The largest absolute Gasteiger partial charge is 0.496 e. The minimum absolute atomic E-state index is 0.109. The Labute approximate surface area is 182 Å². The second-order valence-corrected chi connectivity index (χ2v) is 10.5. The predicted molar refractivity (Wildman–Crippen MR) is 116 cm³/mol. The number of para-hydroxylation sites is 1. The van der Waals surface area contributed by atoms with Crippen LogP contribution in [-0.2, 0) is 26.0 Å². The number of methoxy groups -OCH3 is 1. The molecule has 2 N–H and O–H groups in total. The Morgan fingerprint density at radius 3 is 2.33 bits per heavy atom. The van der Waals surface area contributed by atoms with Crippen LogP contribution in [0.4, 0.5) is 0 Å². The molecule has 30 heavy (non-hydrogen) atoms. The van der Waals surface area contributed by atoms with Crippen molar-refractivity contribution in [2.24, 2.45) is 0 Å². The third kappa shape index (κ3) is 5.07. The van der Waals surface area contributed by atoms with Crippen molar-refractivity contribution >= 4 is 44.3 Å². The van der Waals surface area contributed by atoms with Gasteiger partial charge in [0.25, 0.3) is 0 Å². The zero-order valence-corrected chi connectivity index (χ0v) is 18.5. The molecule has 0 saturated heterocycles. The van der Waals surface area contributed by atoms with Gasteiger partial charge in [0, 0.05) is 23.5 Å². The third-order valence-electron chi connectivity index (χ3n) is 4.30. The summed E-state index contributed by atoms with van der Waals surface area (Å²) in [5, 5.41) is 7.46. The molecule has 158 valence electrons. The fourth-order valence-electron chi connectivity index (χ4n) is 2.77. The highest BCUT2D eigenvalue weighted by Gasteiger charge is 2.31. The predicted octanol–water partition coefficient (Wildman–Crippen LogP) is 2.77. The van der Waals surface area contributed by atoms with E-state index in [1.54, 1.807) is 53.2 Å². The van der Waals surface area contributed by atoms with Crippen LogP contribution in [0.25, 0.3) is 0 Å². The maximum absolute atomic E-state index is 13.0.